The van der Waals surface area contributed by atoms with Gasteiger partial charge in [-0.2, -0.15) is 0 Å². The lowest BCUT2D eigenvalue weighted by atomic mass is 10.0. The number of nitrogens with one attached hydrogen (secondary N) is 1. The third kappa shape index (κ3) is 5.37. The average molecular weight is 346 g/mol. The van der Waals surface area contributed by atoms with E-state index in [1.54, 1.807) is 25.7 Å². The van der Waals surface area contributed by atoms with Crippen molar-refractivity contribution in [2.45, 2.75) is 51.7 Å². The van der Waals surface area contributed by atoms with Crippen LogP contribution in [0.25, 0.3) is 0 Å². The Morgan fingerprint density at radius 2 is 1.91 bits per heavy atom. The molecule has 2 aliphatic rings. The number of alkyl carbamates (subject to hydrolysis) is 1. The average Bonchev–Trinajstić information content (AvgIpc) is 2.76. The zero-order chi connectivity index (χ0) is 17.3. The predicted octanol–water partition coefficient (Wildman–Crippen LogP) is 0.937. The molecule has 23 heavy (non-hydrogen) atoms. The van der Waals surface area contributed by atoms with Crippen molar-refractivity contribution in [3.8, 4) is 0 Å². The maximum Gasteiger partial charge on any atom is 0.407 e. The summed E-state index contributed by atoms with van der Waals surface area (Å²) in [6.45, 7) is 6.41. The van der Waals surface area contributed by atoms with Crippen molar-refractivity contribution >= 4 is 21.8 Å². The Morgan fingerprint density at radius 3 is 2.48 bits per heavy atom. The molecule has 0 unspecified atom stereocenters. The van der Waals surface area contributed by atoms with Crippen LogP contribution >= 0.6 is 0 Å². The van der Waals surface area contributed by atoms with Gasteiger partial charge in [0.25, 0.3) is 0 Å². The van der Waals surface area contributed by atoms with Crippen LogP contribution < -0.4 is 5.32 Å². The molecular weight excluding hydrogens is 320 g/mol. The third-order valence-electron chi connectivity index (χ3n) is 4.04. The zero-order valence-corrected chi connectivity index (χ0v) is 14.8. The van der Waals surface area contributed by atoms with E-state index in [1.807, 2.05) is 0 Å². The van der Waals surface area contributed by atoms with Crippen LogP contribution in [0, 0.1) is 5.92 Å². The number of nitrogens with zero attached hydrogens (tertiary/aromatic N) is 1. The Hall–Kier alpha value is -1.31. The molecule has 2 aliphatic heterocycles. The summed E-state index contributed by atoms with van der Waals surface area (Å²) in [5.74, 6) is -0.495. The van der Waals surface area contributed by atoms with Crippen LogP contribution in [0.3, 0.4) is 0 Å². The highest BCUT2D eigenvalue weighted by atomic mass is 32.2. The highest BCUT2D eigenvalue weighted by Crippen LogP contribution is 2.23. The summed E-state index contributed by atoms with van der Waals surface area (Å²) in [7, 11) is -3.07. The summed E-state index contributed by atoms with van der Waals surface area (Å²) in [6, 6.07) is -0.152. The Kier molecular flexibility index (Phi) is 5.23. The molecule has 0 spiro atoms. The summed E-state index contributed by atoms with van der Waals surface area (Å²) in [4.78, 5) is 26.0. The number of ether oxygens (including phenoxy) is 1. The van der Waals surface area contributed by atoms with Crippen LogP contribution in [-0.4, -0.2) is 61.6 Å². The van der Waals surface area contributed by atoms with Crippen molar-refractivity contribution in [1.82, 2.24) is 10.2 Å². The van der Waals surface area contributed by atoms with E-state index in [-0.39, 0.29) is 23.5 Å². The minimum Gasteiger partial charge on any atom is -0.444 e. The number of sulfone groups is 1. The second-order valence-corrected chi connectivity index (χ2v) is 9.60. The van der Waals surface area contributed by atoms with E-state index >= 15 is 0 Å². The molecular formula is C15H26N2O5S. The number of amides is 2. The zero-order valence-electron chi connectivity index (χ0n) is 14.0. The molecule has 2 rings (SSSR count). The molecule has 0 bridgehead atoms. The van der Waals surface area contributed by atoms with Crippen molar-refractivity contribution < 1.29 is 22.7 Å². The maximum absolute atomic E-state index is 12.5. The van der Waals surface area contributed by atoms with E-state index < -0.39 is 27.4 Å². The first-order valence-corrected chi connectivity index (χ1v) is 9.86. The number of piperidine rings is 1. The van der Waals surface area contributed by atoms with Gasteiger partial charge in [-0.1, -0.05) is 0 Å². The maximum atomic E-state index is 12.5. The lowest BCUT2D eigenvalue weighted by molar-refractivity contribution is -0.136. The summed E-state index contributed by atoms with van der Waals surface area (Å²) in [5, 5.41) is 2.79. The minimum atomic E-state index is -3.07. The van der Waals surface area contributed by atoms with Crippen LogP contribution in [0.4, 0.5) is 4.79 Å². The summed E-state index contributed by atoms with van der Waals surface area (Å²) >= 11 is 0. The van der Waals surface area contributed by atoms with Crippen molar-refractivity contribution in [1.29, 1.82) is 0 Å². The van der Waals surface area contributed by atoms with Gasteiger partial charge in [0.05, 0.1) is 17.4 Å². The van der Waals surface area contributed by atoms with Crippen molar-refractivity contribution in [2.24, 2.45) is 5.92 Å². The molecule has 0 aromatic carbocycles. The molecule has 2 amide bonds. The molecule has 0 aromatic heterocycles. The van der Waals surface area contributed by atoms with Crippen molar-refractivity contribution in [3.05, 3.63) is 0 Å². The second-order valence-electron chi connectivity index (χ2n) is 7.37. The predicted molar refractivity (Wildman–Crippen MR) is 85.7 cm³/mol. The fourth-order valence-corrected chi connectivity index (χ4v) is 4.75. The molecule has 0 saturated carbocycles. The van der Waals surface area contributed by atoms with Gasteiger partial charge in [0.1, 0.15) is 5.60 Å². The van der Waals surface area contributed by atoms with Crippen LogP contribution in [0.15, 0.2) is 0 Å². The molecule has 132 valence electrons. The SMILES string of the molecule is CC(C)(C)OC(=O)N[C@@H]1CCCN(C(=O)[C@@H]2CCS(=O)(=O)C2)C1. The van der Waals surface area contributed by atoms with Gasteiger partial charge >= 0.3 is 6.09 Å². The monoisotopic (exact) mass is 346 g/mol. The molecule has 2 heterocycles. The minimum absolute atomic E-state index is 0.0491. The number of likely N-dealkylation sites (tertiary alicyclic amines) is 1. The molecule has 8 heteroatoms. The lowest BCUT2D eigenvalue weighted by Crippen LogP contribution is -2.51. The van der Waals surface area contributed by atoms with E-state index in [0.29, 0.717) is 19.5 Å². The largest absolute Gasteiger partial charge is 0.444 e. The molecule has 1 N–H and O–H groups in total. The summed E-state index contributed by atoms with van der Waals surface area (Å²) in [6.07, 6.45) is 1.49. The lowest BCUT2D eigenvalue weighted by Gasteiger charge is -2.34. The Morgan fingerprint density at radius 1 is 1.22 bits per heavy atom. The van der Waals surface area contributed by atoms with Crippen molar-refractivity contribution in [3.63, 3.8) is 0 Å². The normalized spacial score (nSPS) is 27.5. The number of rotatable bonds is 2. The van der Waals surface area contributed by atoms with Crippen LogP contribution in [0.2, 0.25) is 0 Å². The first-order chi connectivity index (χ1) is 10.6. The Bertz CT molecular complexity index is 567. The van der Waals surface area contributed by atoms with Gasteiger partial charge in [-0.05, 0) is 40.0 Å². The molecule has 2 saturated heterocycles. The highest BCUT2D eigenvalue weighted by molar-refractivity contribution is 7.91. The van der Waals surface area contributed by atoms with Crippen molar-refractivity contribution in [2.75, 3.05) is 24.6 Å². The van der Waals surface area contributed by atoms with Gasteiger partial charge in [0.2, 0.25) is 5.91 Å². The molecule has 0 aliphatic carbocycles. The Labute approximate surface area is 137 Å². The number of carbonyl (C=O) groups is 2. The second kappa shape index (κ2) is 6.67. The number of hydrogen-bond acceptors (Lipinski definition) is 5. The van der Waals surface area contributed by atoms with Gasteiger partial charge < -0.3 is 15.0 Å². The highest BCUT2D eigenvalue weighted by Gasteiger charge is 2.37. The molecule has 0 radical (unpaired) electrons. The molecule has 7 nitrogen and oxygen atoms in total. The number of hydrogen-bond donors (Lipinski definition) is 1. The summed E-state index contributed by atoms with van der Waals surface area (Å²) < 4.78 is 28.3. The van der Waals surface area contributed by atoms with Gasteiger partial charge in [-0.25, -0.2) is 13.2 Å². The molecule has 0 aromatic rings. The topological polar surface area (TPSA) is 92.8 Å². The van der Waals surface area contributed by atoms with E-state index in [2.05, 4.69) is 5.32 Å². The van der Waals surface area contributed by atoms with E-state index in [1.165, 1.54) is 0 Å². The van der Waals surface area contributed by atoms with E-state index in [4.69, 9.17) is 4.74 Å². The van der Waals surface area contributed by atoms with Gasteiger partial charge in [0, 0.05) is 19.1 Å². The third-order valence-corrected chi connectivity index (χ3v) is 5.80. The van der Waals surface area contributed by atoms with Gasteiger partial charge in [0.15, 0.2) is 9.84 Å². The molecule has 2 fully saturated rings. The Balaban J connectivity index is 1.88. The summed E-state index contributed by atoms with van der Waals surface area (Å²) in [5.41, 5.74) is -0.563. The van der Waals surface area contributed by atoms with Gasteiger partial charge in [-0.3, -0.25) is 4.79 Å². The fraction of sp³-hybridized carbons (Fsp3) is 0.867. The van der Waals surface area contributed by atoms with E-state index in [9.17, 15) is 18.0 Å². The first kappa shape index (κ1) is 18.0. The van der Waals surface area contributed by atoms with Crippen LogP contribution in [-0.2, 0) is 19.4 Å². The smallest absolute Gasteiger partial charge is 0.407 e. The van der Waals surface area contributed by atoms with Crippen LogP contribution in [0.1, 0.15) is 40.0 Å². The fourth-order valence-electron chi connectivity index (χ4n) is 3.02. The quantitative estimate of drug-likeness (QED) is 0.803. The van der Waals surface area contributed by atoms with E-state index in [0.717, 1.165) is 12.8 Å². The van der Waals surface area contributed by atoms with Crippen LogP contribution in [0.5, 0.6) is 0 Å². The standard InChI is InChI=1S/C15H26N2O5S/c1-15(2,3)22-14(19)16-12-5-4-7-17(9-12)13(18)11-6-8-23(20,21)10-11/h11-12H,4-10H2,1-3H3,(H,16,19)/t11-,12-/m1/s1. The molecule has 2 atom stereocenters. The first-order valence-electron chi connectivity index (χ1n) is 8.04. The number of carbonyl (C=O) groups excluding carboxylic acids is 2. The van der Waals surface area contributed by atoms with Gasteiger partial charge in [-0.15, -0.1) is 0 Å².